The first-order chi connectivity index (χ1) is 50.0. The molecule has 20 nitrogen and oxygen atoms in total. The Hall–Kier alpha value is -5.13. The molecule has 0 radical (unpaired) electrons. The van der Waals surface area contributed by atoms with Gasteiger partial charge in [-0.3, -0.25) is 0 Å². The van der Waals surface area contributed by atoms with Crippen LogP contribution < -0.4 is 77.9 Å². The molecule has 0 aromatic heterocycles. The van der Waals surface area contributed by atoms with Crippen molar-refractivity contribution in [2.45, 2.75) is 315 Å². The van der Waals surface area contributed by atoms with Gasteiger partial charge in [-0.1, -0.05) is 160 Å². The maximum atomic E-state index is 11.3. The van der Waals surface area contributed by atoms with Gasteiger partial charge in [0.15, 0.2) is 46.0 Å². The van der Waals surface area contributed by atoms with E-state index in [1.807, 2.05) is 48.5 Å². The molecule has 0 bridgehead atoms. The van der Waals surface area contributed by atoms with E-state index >= 15 is 0 Å². The molecule has 0 saturated heterocycles. The van der Waals surface area contributed by atoms with E-state index in [9.17, 15) is 21.0 Å². The molecule has 0 aliphatic heterocycles. The van der Waals surface area contributed by atoms with Crippen molar-refractivity contribution in [3.63, 3.8) is 0 Å². The average molecular weight is 1520 g/mol. The molecule has 0 amide bonds. The summed E-state index contributed by atoms with van der Waals surface area (Å²) in [6.07, 6.45) is 24.0. The quantitative estimate of drug-likeness (QED) is 0.0173. The number of hydrogen-bond donors (Lipinski definition) is 0. The monoisotopic (exact) mass is 1520 g/mol. The van der Waals surface area contributed by atoms with Crippen LogP contribution in [-0.4, -0.2) is 79.3 Å². The zero-order valence-corrected chi connectivity index (χ0v) is 70.3. The first-order valence-electron chi connectivity index (χ1n) is 39.5. The molecule has 0 unspecified atom stereocenters. The van der Waals surface area contributed by atoms with Crippen molar-refractivity contribution in [1.29, 1.82) is 0 Å². The molecule has 4 rings (SSSR count). The summed E-state index contributed by atoms with van der Waals surface area (Å²) in [5, 5.41) is 45.1. The van der Waals surface area contributed by atoms with Gasteiger partial charge >= 0.3 is 21.7 Å². The van der Waals surface area contributed by atoms with E-state index in [1.54, 1.807) is 55.4 Å². The zero-order valence-electron chi connectivity index (χ0n) is 68.7. The standard InChI is InChI=1S/4C21H36O5.Ti/c4*1-6-9-12-23-18-16-20(25-14-11-8-3)19(24-13-10-7-2)15-17(18)21(4,5)26-22;/h4*15-16,22H,6-14H2,1-5H3;/q;;;;+4/p-4. The third-order valence-corrected chi connectivity index (χ3v) is 16.7. The maximum absolute atomic E-state index is 11.3. The predicted octanol–water partition coefficient (Wildman–Crippen LogP) is 19.0. The summed E-state index contributed by atoms with van der Waals surface area (Å²) in [6, 6.07) is 14.7. The van der Waals surface area contributed by atoms with Crippen molar-refractivity contribution >= 4 is 0 Å². The molecule has 0 fully saturated rings. The summed E-state index contributed by atoms with van der Waals surface area (Å²) in [5.74, 6) is 7.66. The fraction of sp³-hybridized carbons (Fsp3) is 0.714. The maximum Gasteiger partial charge on any atom is 4.00 e. The second-order valence-electron chi connectivity index (χ2n) is 28.0. The van der Waals surface area contributed by atoms with Gasteiger partial charge < -0.3 is 97.4 Å². The van der Waals surface area contributed by atoms with Crippen LogP contribution in [0.5, 0.6) is 69.0 Å². The van der Waals surface area contributed by atoms with Crippen LogP contribution in [-0.2, 0) is 63.7 Å². The fourth-order valence-electron chi connectivity index (χ4n) is 9.52. The smallest absolute Gasteiger partial charge is 0.723 e. The third-order valence-electron chi connectivity index (χ3n) is 16.7. The molecule has 0 saturated carbocycles. The van der Waals surface area contributed by atoms with Crippen LogP contribution >= 0.6 is 0 Å². The van der Waals surface area contributed by atoms with Crippen LogP contribution in [0.25, 0.3) is 0 Å². The molecular formula is C84H140O20Ti. The summed E-state index contributed by atoms with van der Waals surface area (Å²) in [5.41, 5.74) is -1.37. The Morgan fingerprint density at radius 3 is 0.400 bits per heavy atom. The Kier molecular flexibility index (Phi) is 56.0. The van der Waals surface area contributed by atoms with E-state index in [2.05, 4.69) is 103 Å². The number of unbranched alkanes of at least 4 members (excludes halogenated alkanes) is 12. The van der Waals surface area contributed by atoms with Crippen LogP contribution in [0, 0.1) is 0 Å². The second kappa shape index (κ2) is 58.8. The van der Waals surface area contributed by atoms with E-state index in [0.717, 1.165) is 154 Å². The Morgan fingerprint density at radius 1 is 0.190 bits per heavy atom. The van der Waals surface area contributed by atoms with Crippen LogP contribution in [0.3, 0.4) is 0 Å². The van der Waals surface area contributed by atoms with Crippen molar-refractivity contribution in [3.05, 3.63) is 70.8 Å². The summed E-state index contributed by atoms with van der Waals surface area (Å²) in [6.45, 7) is 46.5. The minimum Gasteiger partial charge on any atom is -0.723 e. The normalized spacial score (nSPS) is 11.4. The number of benzene rings is 4. The second-order valence-corrected chi connectivity index (χ2v) is 28.0. The first-order valence-corrected chi connectivity index (χ1v) is 39.5. The van der Waals surface area contributed by atoms with Crippen LogP contribution in [0.15, 0.2) is 48.5 Å². The van der Waals surface area contributed by atoms with Gasteiger partial charge in [-0.15, -0.1) is 0 Å². The van der Waals surface area contributed by atoms with E-state index in [-0.39, 0.29) is 21.7 Å². The van der Waals surface area contributed by atoms with Crippen molar-refractivity contribution in [2.75, 3.05) is 79.3 Å². The molecule has 0 aliphatic carbocycles. The first kappa shape index (κ1) is 99.9. The van der Waals surface area contributed by atoms with Gasteiger partial charge in [-0.05, 0) is 157 Å². The van der Waals surface area contributed by atoms with Crippen molar-refractivity contribution in [2.24, 2.45) is 0 Å². The average Bonchev–Trinajstić information content (AvgIpc) is 0.820. The molecule has 4 aromatic carbocycles. The Bertz CT molecular complexity index is 2440. The molecule has 105 heavy (non-hydrogen) atoms. The van der Waals surface area contributed by atoms with Crippen LogP contribution in [0.2, 0.25) is 0 Å². The zero-order chi connectivity index (χ0) is 77.7. The third kappa shape index (κ3) is 38.7. The van der Waals surface area contributed by atoms with Gasteiger partial charge in [0.05, 0.1) is 102 Å². The van der Waals surface area contributed by atoms with Gasteiger partial charge in [0.25, 0.3) is 0 Å². The van der Waals surface area contributed by atoms with Gasteiger partial charge in [-0.2, -0.15) is 0 Å². The molecule has 0 N–H and O–H groups in total. The molecule has 21 heteroatoms. The summed E-state index contributed by atoms with van der Waals surface area (Å²) in [4.78, 5) is 17.9. The molecule has 0 spiro atoms. The molecular weight excluding hydrogens is 1380 g/mol. The predicted molar refractivity (Wildman–Crippen MR) is 407 cm³/mol. The molecule has 4 aromatic rings. The number of hydrogen-bond acceptors (Lipinski definition) is 20. The molecule has 0 heterocycles. The summed E-state index contributed by atoms with van der Waals surface area (Å²) >= 11 is 0. The Balaban J connectivity index is 0.00000137. The minimum absolute atomic E-state index is 0. The van der Waals surface area contributed by atoms with E-state index in [1.165, 1.54) is 0 Å². The number of ether oxygens (including phenoxy) is 12. The summed E-state index contributed by atoms with van der Waals surface area (Å²) in [7, 11) is 0. The summed E-state index contributed by atoms with van der Waals surface area (Å²) < 4.78 is 71.2. The van der Waals surface area contributed by atoms with Crippen LogP contribution in [0.1, 0.15) is 315 Å². The van der Waals surface area contributed by atoms with Crippen molar-refractivity contribution in [3.8, 4) is 69.0 Å². The van der Waals surface area contributed by atoms with Gasteiger partial charge in [0.2, 0.25) is 0 Å². The topological polar surface area (TPSA) is 240 Å². The van der Waals surface area contributed by atoms with E-state index < -0.39 is 22.4 Å². The van der Waals surface area contributed by atoms with E-state index in [0.29, 0.717) is 171 Å². The largest absolute Gasteiger partial charge is 4.00 e. The Labute approximate surface area is 649 Å². The molecule has 0 atom stereocenters. The van der Waals surface area contributed by atoms with Crippen molar-refractivity contribution < 1.29 is 119 Å². The molecule has 0 aliphatic rings. The molecule has 600 valence electrons. The van der Waals surface area contributed by atoms with Gasteiger partial charge in [-0.25, -0.2) is 0 Å². The fourth-order valence-corrected chi connectivity index (χ4v) is 9.52. The van der Waals surface area contributed by atoms with Gasteiger partial charge in [0, 0.05) is 46.5 Å². The number of rotatable bonds is 56. The minimum atomic E-state index is -1.02. The van der Waals surface area contributed by atoms with Gasteiger partial charge in [0.1, 0.15) is 23.0 Å². The van der Waals surface area contributed by atoms with E-state index in [4.69, 9.17) is 56.8 Å². The Morgan fingerprint density at radius 2 is 0.295 bits per heavy atom. The SMILES string of the molecule is CCCCOc1cc(OCCCC)c(C(C)(C)O[O-])cc1OCCCC.CCCCOc1cc(OCCCC)c(C(C)(C)O[O-])cc1OCCCC.CCCCOc1cc(OCCCC)c(C(C)(C)O[O-])cc1OCCCC.CCCCOc1cc(OCCCC)c(C(C)(C)O[O-])cc1OCCCC.[Ti+4]. The van der Waals surface area contributed by atoms with Crippen molar-refractivity contribution in [1.82, 2.24) is 0 Å². The van der Waals surface area contributed by atoms with Crippen LogP contribution in [0.4, 0.5) is 0 Å².